The molecule has 158 valence electrons. The van der Waals surface area contributed by atoms with Gasteiger partial charge in [0, 0.05) is 42.3 Å². The monoisotopic (exact) mass is 404 g/mol. The van der Waals surface area contributed by atoms with Gasteiger partial charge < -0.3 is 19.5 Å². The molecule has 2 aliphatic rings. The minimum atomic E-state index is -0.659. The van der Waals surface area contributed by atoms with Gasteiger partial charge in [-0.25, -0.2) is 4.79 Å². The van der Waals surface area contributed by atoms with Crippen LogP contribution in [0.15, 0.2) is 0 Å². The Morgan fingerprint density at radius 3 is 1.70 bits per heavy atom. The van der Waals surface area contributed by atoms with Gasteiger partial charge in [-0.2, -0.15) is 22.8 Å². The highest BCUT2D eigenvalue weighted by atomic mass is 32.1. The van der Waals surface area contributed by atoms with Crippen molar-refractivity contribution in [3.63, 3.8) is 0 Å². The molecule has 2 unspecified atom stereocenters. The largest absolute Gasteiger partial charge is 0.508 e. The number of hydrogen-bond donors (Lipinski definition) is 2. The van der Waals surface area contributed by atoms with Crippen LogP contribution in [0.1, 0.15) is 74.1 Å². The van der Waals surface area contributed by atoms with Crippen molar-refractivity contribution in [3.8, 4) is 0 Å². The lowest BCUT2D eigenvalue weighted by Crippen LogP contribution is -2.61. The second kappa shape index (κ2) is 7.37. The first-order valence-corrected chi connectivity index (χ1v) is 9.99. The lowest BCUT2D eigenvalue weighted by atomic mass is 9.80. The maximum Gasteiger partial charge on any atom is 0.508 e. The van der Waals surface area contributed by atoms with Crippen molar-refractivity contribution in [1.82, 2.24) is 10.1 Å². The zero-order chi connectivity index (χ0) is 20.8. The SMILES string of the molecule is CON1C(C)(C)CC(OC(=O)OC2CC(C)(C)N(O)C(C)(C)C2)CC1(C)S. The standard InChI is InChI=1S/C19H36N2O5S/c1-16(2)9-13(10-17(3,4)20(16)23)25-15(22)26-14-11-18(5,6)21(24-8)19(7,27)12-14/h13-14,23,27H,9-12H2,1-8H3. The Kier molecular flexibility index (Phi) is 6.21. The van der Waals surface area contributed by atoms with Gasteiger partial charge in [0.05, 0.1) is 12.0 Å². The molecule has 2 atom stereocenters. The van der Waals surface area contributed by atoms with Crippen molar-refractivity contribution in [3.05, 3.63) is 0 Å². The number of thiol groups is 1. The van der Waals surface area contributed by atoms with E-state index in [1.54, 1.807) is 7.11 Å². The molecule has 2 heterocycles. The van der Waals surface area contributed by atoms with Gasteiger partial charge in [-0.1, -0.05) is 0 Å². The van der Waals surface area contributed by atoms with Crippen LogP contribution in [-0.2, 0) is 14.3 Å². The molecule has 0 spiro atoms. The fourth-order valence-electron chi connectivity index (χ4n) is 4.97. The lowest BCUT2D eigenvalue weighted by molar-refractivity contribution is -0.262. The molecule has 0 bridgehead atoms. The summed E-state index contributed by atoms with van der Waals surface area (Å²) >= 11 is 4.71. The maximum atomic E-state index is 12.5. The maximum absolute atomic E-state index is 12.5. The van der Waals surface area contributed by atoms with E-state index in [0.29, 0.717) is 25.7 Å². The Hall–Kier alpha value is -0.540. The van der Waals surface area contributed by atoms with Crippen LogP contribution in [0.3, 0.4) is 0 Å². The minimum absolute atomic E-state index is 0.305. The predicted molar refractivity (Wildman–Crippen MR) is 106 cm³/mol. The first kappa shape index (κ1) is 22.7. The van der Waals surface area contributed by atoms with Gasteiger partial charge in [-0.05, 0) is 48.5 Å². The third-order valence-corrected chi connectivity index (χ3v) is 6.00. The average Bonchev–Trinajstić information content (AvgIpc) is 2.41. The van der Waals surface area contributed by atoms with Crippen LogP contribution in [0.5, 0.6) is 0 Å². The van der Waals surface area contributed by atoms with Crippen LogP contribution < -0.4 is 0 Å². The molecular formula is C19H36N2O5S. The van der Waals surface area contributed by atoms with E-state index in [-0.39, 0.29) is 17.7 Å². The van der Waals surface area contributed by atoms with Gasteiger partial charge in [0.15, 0.2) is 0 Å². The summed E-state index contributed by atoms with van der Waals surface area (Å²) < 4.78 is 11.3. The summed E-state index contributed by atoms with van der Waals surface area (Å²) in [7, 11) is 1.63. The van der Waals surface area contributed by atoms with Crippen molar-refractivity contribution in [2.24, 2.45) is 0 Å². The molecule has 2 rings (SSSR count). The van der Waals surface area contributed by atoms with Crippen LogP contribution in [0.4, 0.5) is 4.79 Å². The van der Waals surface area contributed by atoms with Crippen LogP contribution in [0.25, 0.3) is 0 Å². The molecule has 0 amide bonds. The summed E-state index contributed by atoms with van der Waals surface area (Å²) in [5.74, 6) is 0. The molecule has 27 heavy (non-hydrogen) atoms. The molecule has 0 aliphatic carbocycles. The van der Waals surface area contributed by atoms with Crippen LogP contribution in [0.2, 0.25) is 0 Å². The Morgan fingerprint density at radius 1 is 0.889 bits per heavy atom. The minimum Gasteiger partial charge on any atom is -0.431 e. The van der Waals surface area contributed by atoms with E-state index in [2.05, 4.69) is 0 Å². The smallest absolute Gasteiger partial charge is 0.431 e. The molecule has 1 N–H and O–H groups in total. The highest BCUT2D eigenvalue weighted by molar-refractivity contribution is 7.81. The van der Waals surface area contributed by atoms with E-state index in [9.17, 15) is 10.0 Å². The van der Waals surface area contributed by atoms with Crippen LogP contribution in [-0.4, -0.2) is 62.3 Å². The van der Waals surface area contributed by atoms with Gasteiger partial charge in [-0.3, -0.25) is 0 Å². The number of hydrogen-bond acceptors (Lipinski definition) is 8. The van der Waals surface area contributed by atoms with E-state index in [1.165, 1.54) is 5.06 Å². The number of rotatable bonds is 3. The lowest BCUT2D eigenvalue weighted by Gasteiger charge is -2.52. The van der Waals surface area contributed by atoms with E-state index in [0.717, 1.165) is 0 Å². The van der Waals surface area contributed by atoms with Crippen molar-refractivity contribution in [1.29, 1.82) is 0 Å². The molecule has 8 heteroatoms. The second-order valence-corrected chi connectivity index (χ2v) is 11.0. The highest BCUT2D eigenvalue weighted by Crippen LogP contribution is 2.42. The number of nitrogens with zero attached hydrogens (tertiary/aromatic N) is 2. The van der Waals surface area contributed by atoms with E-state index >= 15 is 0 Å². The number of hydroxylamine groups is 4. The number of carbonyl (C=O) groups excluding carboxylic acids is 1. The Balaban J connectivity index is 2.00. The topological polar surface area (TPSA) is 71.5 Å². The summed E-state index contributed by atoms with van der Waals surface area (Å²) in [4.78, 5) is 17.4. The summed E-state index contributed by atoms with van der Waals surface area (Å²) in [6.45, 7) is 13.8. The Labute approximate surface area is 168 Å². The van der Waals surface area contributed by atoms with Gasteiger partial charge in [-0.15, -0.1) is 0 Å². The Morgan fingerprint density at radius 2 is 1.30 bits per heavy atom. The van der Waals surface area contributed by atoms with E-state index in [4.69, 9.17) is 26.9 Å². The molecule has 0 aromatic heterocycles. The molecule has 2 aliphatic heterocycles. The molecule has 0 saturated carbocycles. The third-order valence-electron chi connectivity index (χ3n) is 5.64. The van der Waals surface area contributed by atoms with Crippen LogP contribution in [0, 0.1) is 0 Å². The summed E-state index contributed by atoms with van der Waals surface area (Å²) in [6, 6.07) is 0. The molecule has 0 radical (unpaired) electrons. The van der Waals surface area contributed by atoms with Crippen molar-refractivity contribution < 1.29 is 24.3 Å². The van der Waals surface area contributed by atoms with Crippen molar-refractivity contribution in [2.45, 2.75) is 108 Å². The summed E-state index contributed by atoms with van der Waals surface area (Å²) in [5.41, 5.74) is -1.30. The predicted octanol–water partition coefficient (Wildman–Crippen LogP) is 4.00. The van der Waals surface area contributed by atoms with Gasteiger partial charge in [0.2, 0.25) is 0 Å². The van der Waals surface area contributed by atoms with Gasteiger partial charge >= 0.3 is 6.16 Å². The fraction of sp³-hybridized carbons (Fsp3) is 0.947. The van der Waals surface area contributed by atoms with Gasteiger partial charge in [0.25, 0.3) is 0 Å². The first-order valence-electron chi connectivity index (χ1n) is 9.54. The van der Waals surface area contributed by atoms with E-state index < -0.39 is 22.1 Å². The zero-order valence-electron chi connectivity index (χ0n) is 17.9. The number of ether oxygens (including phenoxy) is 2. The number of piperidine rings is 2. The molecule has 2 fully saturated rings. The molecule has 0 aromatic rings. The Bertz CT molecular complexity index is 528. The summed E-state index contributed by atoms with van der Waals surface area (Å²) in [6.07, 6.45) is 0.974. The molecule has 2 saturated heterocycles. The summed E-state index contributed by atoms with van der Waals surface area (Å²) in [5, 5.41) is 13.6. The highest BCUT2D eigenvalue weighted by Gasteiger charge is 2.49. The molecule has 7 nitrogen and oxygen atoms in total. The van der Waals surface area contributed by atoms with E-state index in [1.807, 2.05) is 53.5 Å². The molecular weight excluding hydrogens is 368 g/mol. The zero-order valence-corrected chi connectivity index (χ0v) is 18.8. The number of carbonyl (C=O) groups is 1. The van der Waals surface area contributed by atoms with Crippen LogP contribution >= 0.6 is 12.6 Å². The second-order valence-electron chi connectivity index (χ2n) is 9.99. The molecule has 0 aromatic carbocycles. The first-order chi connectivity index (χ1) is 12.1. The van der Waals surface area contributed by atoms with Gasteiger partial charge in [0.1, 0.15) is 12.2 Å². The average molecular weight is 405 g/mol. The van der Waals surface area contributed by atoms with Crippen molar-refractivity contribution in [2.75, 3.05) is 7.11 Å². The quantitative estimate of drug-likeness (QED) is 0.544. The normalized spacial score (nSPS) is 34.2. The fourth-order valence-corrected chi connectivity index (χ4v) is 5.52. The van der Waals surface area contributed by atoms with Crippen molar-refractivity contribution >= 4 is 18.8 Å². The third kappa shape index (κ3) is 4.90.